The molecule has 8 nitrogen and oxygen atoms in total. The van der Waals surface area contributed by atoms with Crippen LogP contribution in [0.1, 0.15) is 48.0 Å². The molecule has 138 valence electrons. The number of carbonyl (C=O) groups excluding carboxylic acids is 1. The smallest absolute Gasteiger partial charge is 0.256 e. The van der Waals surface area contributed by atoms with Gasteiger partial charge in [0.15, 0.2) is 0 Å². The fraction of sp³-hybridized carbons (Fsp3) is 0.500. The second-order valence-electron chi connectivity index (χ2n) is 6.48. The lowest BCUT2D eigenvalue weighted by atomic mass is 10.1. The summed E-state index contributed by atoms with van der Waals surface area (Å²) in [5, 5.41) is 10.4. The van der Waals surface area contributed by atoms with Crippen molar-refractivity contribution in [1.82, 2.24) is 24.8 Å². The zero-order valence-corrected chi connectivity index (χ0v) is 14.9. The SMILES string of the molecule is CO.O=C(c1cnc(NC2(c3cncnc3)CC2)nc1)N1CCCCC1. The first-order valence-corrected chi connectivity index (χ1v) is 8.87. The first-order valence-electron chi connectivity index (χ1n) is 8.87. The normalized spacial score (nSPS) is 17.7. The van der Waals surface area contributed by atoms with Crippen LogP contribution in [0.15, 0.2) is 31.1 Å². The largest absolute Gasteiger partial charge is 0.400 e. The van der Waals surface area contributed by atoms with Crippen LogP contribution in [0.5, 0.6) is 0 Å². The van der Waals surface area contributed by atoms with Gasteiger partial charge in [0.1, 0.15) is 6.33 Å². The summed E-state index contributed by atoms with van der Waals surface area (Å²) >= 11 is 0. The maximum absolute atomic E-state index is 12.4. The Morgan fingerprint density at radius 1 is 1.04 bits per heavy atom. The summed E-state index contributed by atoms with van der Waals surface area (Å²) in [6, 6.07) is 0. The third-order valence-corrected chi connectivity index (χ3v) is 4.76. The summed E-state index contributed by atoms with van der Waals surface area (Å²) in [6.45, 7) is 1.66. The lowest BCUT2D eigenvalue weighted by molar-refractivity contribution is 0.0723. The predicted octanol–water partition coefficient (Wildman–Crippen LogP) is 1.60. The Morgan fingerprint density at radius 2 is 1.65 bits per heavy atom. The van der Waals surface area contributed by atoms with Gasteiger partial charge in [0.2, 0.25) is 5.95 Å². The molecule has 2 aromatic heterocycles. The van der Waals surface area contributed by atoms with E-state index in [1.165, 1.54) is 12.7 Å². The molecule has 2 fully saturated rings. The molecule has 1 aliphatic heterocycles. The van der Waals surface area contributed by atoms with Gasteiger partial charge in [-0.05, 0) is 32.1 Å². The average Bonchev–Trinajstić information content (AvgIpc) is 3.52. The van der Waals surface area contributed by atoms with Gasteiger partial charge in [-0.2, -0.15) is 0 Å². The first-order chi connectivity index (χ1) is 12.8. The molecule has 0 spiro atoms. The summed E-state index contributed by atoms with van der Waals surface area (Å²) in [6.07, 6.45) is 13.7. The van der Waals surface area contributed by atoms with Crippen molar-refractivity contribution in [3.05, 3.63) is 42.2 Å². The molecule has 0 atom stereocenters. The molecule has 0 aromatic carbocycles. The predicted molar refractivity (Wildman–Crippen MR) is 96.5 cm³/mol. The van der Waals surface area contributed by atoms with E-state index < -0.39 is 0 Å². The van der Waals surface area contributed by atoms with Crippen LogP contribution in [0.25, 0.3) is 0 Å². The molecule has 2 aliphatic rings. The monoisotopic (exact) mass is 356 g/mol. The Labute approximate surface area is 152 Å². The number of carbonyl (C=O) groups is 1. The summed E-state index contributed by atoms with van der Waals surface area (Å²) < 4.78 is 0. The quantitative estimate of drug-likeness (QED) is 0.857. The molecule has 1 aliphatic carbocycles. The van der Waals surface area contributed by atoms with Crippen LogP contribution < -0.4 is 5.32 Å². The van der Waals surface area contributed by atoms with E-state index in [-0.39, 0.29) is 11.4 Å². The van der Waals surface area contributed by atoms with Crippen molar-refractivity contribution in [3.8, 4) is 0 Å². The number of nitrogens with zero attached hydrogens (tertiary/aromatic N) is 5. The minimum Gasteiger partial charge on any atom is -0.400 e. The number of piperidine rings is 1. The number of rotatable bonds is 4. The van der Waals surface area contributed by atoms with E-state index in [1.807, 2.05) is 17.3 Å². The number of hydrogen-bond acceptors (Lipinski definition) is 7. The third-order valence-electron chi connectivity index (χ3n) is 4.76. The van der Waals surface area contributed by atoms with E-state index >= 15 is 0 Å². The molecule has 0 radical (unpaired) electrons. The Balaban J connectivity index is 0.000000948. The van der Waals surface area contributed by atoms with Crippen LogP contribution in [0.2, 0.25) is 0 Å². The van der Waals surface area contributed by atoms with E-state index in [9.17, 15) is 4.79 Å². The summed E-state index contributed by atoms with van der Waals surface area (Å²) in [5.74, 6) is 0.561. The van der Waals surface area contributed by atoms with Crippen molar-refractivity contribution in [2.45, 2.75) is 37.6 Å². The van der Waals surface area contributed by atoms with Crippen LogP contribution in [-0.2, 0) is 5.54 Å². The number of aliphatic hydroxyl groups excluding tert-OH is 1. The van der Waals surface area contributed by atoms with E-state index in [4.69, 9.17) is 5.11 Å². The number of aromatic nitrogens is 4. The van der Waals surface area contributed by atoms with Crippen molar-refractivity contribution >= 4 is 11.9 Å². The van der Waals surface area contributed by atoms with Crippen molar-refractivity contribution in [3.63, 3.8) is 0 Å². The van der Waals surface area contributed by atoms with Crippen molar-refractivity contribution in [2.75, 3.05) is 25.5 Å². The van der Waals surface area contributed by atoms with Gasteiger partial charge in [0.25, 0.3) is 5.91 Å². The molecule has 26 heavy (non-hydrogen) atoms. The minimum absolute atomic E-state index is 0.0267. The molecule has 8 heteroatoms. The van der Waals surface area contributed by atoms with Crippen molar-refractivity contribution in [1.29, 1.82) is 0 Å². The Morgan fingerprint density at radius 3 is 2.23 bits per heavy atom. The van der Waals surface area contributed by atoms with Crippen LogP contribution in [0.3, 0.4) is 0 Å². The van der Waals surface area contributed by atoms with Crippen molar-refractivity contribution in [2.24, 2.45) is 0 Å². The number of amides is 1. The zero-order valence-electron chi connectivity index (χ0n) is 14.9. The van der Waals surface area contributed by atoms with E-state index in [0.29, 0.717) is 11.5 Å². The third kappa shape index (κ3) is 3.96. The van der Waals surface area contributed by atoms with E-state index in [1.54, 1.807) is 12.4 Å². The van der Waals surface area contributed by atoms with Crippen molar-refractivity contribution < 1.29 is 9.90 Å². The highest BCUT2D eigenvalue weighted by Crippen LogP contribution is 2.47. The molecule has 0 unspecified atom stereocenters. The maximum atomic E-state index is 12.4. The fourth-order valence-electron chi connectivity index (χ4n) is 3.15. The van der Waals surface area contributed by atoms with Gasteiger partial charge in [0, 0.05) is 50.6 Å². The Kier molecular flexibility index (Phi) is 5.72. The second kappa shape index (κ2) is 8.18. The summed E-state index contributed by atoms with van der Waals surface area (Å²) in [4.78, 5) is 31.2. The van der Waals surface area contributed by atoms with Gasteiger partial charge in [-0.25, -0.2) is 19.9 Å². The molecule has 1 saturated carbocycles. The topological polar surface area (TPSA) is 104 Å². The second-order valence-corrected chi connectivity index (χ2v) is 6.48. The molecular weight excluding hydrogens is 332 g/mol. The lowest BCUT2D eigenvalue weighted by Crippen LogP contribution is -2.35. The Hall–Kier alpha value is -2.61. The number of aliphatic hydroxyl groups is 1. The summed E-state index contributed by atoms with van der Waals surface area (Å²) in [7, 11) is 1.00. The Bertz CT molecular complexity index is 712. The van der Waals surface area contributed by atoms with Gasteiger partial charge in [-0.1, -0.05) is 0 Å². The number of likely N-dealkylation sites (tertiary alicyclic amines) is 1. The van der Waals surface area contributed by atoms with Gasteiger partial charge in [-0.15, -0.1) is 0 Å². The van der Waals surface area contributed by atoms with Gasteiger partial charge >= 0.3 is 0 Å². The van der Waals surface area contributed by atoms with E-state index in [2.05, 4.69) is 25.3 Å². The van der Waals surface area contributed by atoms with Crippen LogP contribution in [0, 0.1) is 0 Å². The van der Waals surface area contributed by atoms with Gasteiger partial charge in [0.05, 0.1) is 11.1 Å². The molecule has 1 amide bonds. The highest BCUT2D eigenvalue weighted by atomic mass is 16.2. The number of hydrogen-bond donors (Lipinski definition) is 2. The van der Waals surface area contributed by atoms with Crippen LogP contribution in [0.4, 0.5) is 5.95 Å². The highest BCUT2D eigenvalue weighted by Gasteiger charge is 2.45. The molecular formula is C18H24N6O2. The number of nitrogens with one attached hydrogen (secondary N) is 1. The minimum atomic E-state index is -0.167. The summed E-state index contributed by atoms with van der Waals surface area (Å²) in [5.41, 5.74) is 1.43. The number of anilines is 1. The standard InChI is InChI=1S/C17H20N6O.CH4O/c24-15(23-6-2-1-3-7-23)13-8-20-16(21-9-13)22-17(4-5-17)14-10-18-12-19-11-14;1-2/h8-12H,1-7H2,(H,20,21,22);2H,1H3. The molecule has 3 heterocycles. The molecule has 4 rings (SSSR count). The van der Waals surface area contributed by atoms with E-state index in [0.717, 1.165) is 51.4 Å². The van der Waals surface area contributed by atoms with Gasteiger partial charge < -0.3 is 15.3 Å². The van der Waals surface area contributed by atoms with Gasteiger partial charge in [-0.3, -0.25) is 4.79 Å². The zero-order chi connectivity index (χ0) is 18.4. The fourth-order valence-corrected chi connectivity index (χ4v) is 3.15. The first kappa shape index (κ1) is 18.2. The maximum Gasteiger partial charge on any atom is 0.256 e. The highest BCUT2D eigenvalue weighted by molar-refractivity contribution is 5.93. The lowest BCUT2D eigenvalue weighted by Gasteiger charge is -2.26. The molecule has 1 saturated heterocycles. The molecule has 2 N–H and O–H groups in total. The van der Waals surface area contributed by atoms with Crippen LogP contribution >= 0.6 is 0 Å². The molecule has 0 bridgehead atoms. The van der Waals surface area contributed by atoms with Crippen LogP contribution in [-0.4, -0.2) is 56.0 Å². The molecule has 2 aromatic rings. The average molecular weight is 356 g/mol.